The van der Waals surface area contributed by atoms with Crippen LogP contribution in [0.4, 0.5) is 22.2 Å². The normalized spacial score (nSPS) is 17.3. The van der Waals surface area contributed by atoms with Crippen LogP contribution in [0.2, 0.25) is 0 Å². The van der Waals surface area contributed by atoms with E-state index in [4.69, 9.17) is 49.6 Å². The molecule has 2 aromatic heterocycles. The van der Waals surface area contributed by atoms with Gasteiger partial charge in [0.25, 0.3) is 5.91 Å². The van der Waals surface area contributed by atoms with Gasteiger partial charge < -0.3 is 44.6 Å². The molecule has 0 spiro atoms. The van der Waals surface area contributed by atoms with Gasteiger partial charge in [0.2, 0.25) is 0 Å². The molecule has 3 aliphatic heterocycles. The van der Waals surface area contributed by atoms with E-state index in [1.54, 1.807) is 55.1 Å². The number of hydrogen-bond acceptors (Lipinski definition) is 16. The summed E-state index contributed by atoms with van der Waals surface area (Å²) >= 11 is 3.05. The summed E-state index contributed by atoms with van der Waals surface area (Å²) in [7, 11) is 1.63. The van der Waals surface area contributed by atoms with Gasteiger partial charge in [0.1, 0.15) is 42.7 Å². The van der Waals surface area contributed by atoms with E-state index in [2.05, 4.69) is 15.3 Å². The molecule has 2 atom stereocenters. The van der Waals surface area contributed by atoms with Crippen molar-refractivity contribution in [3.8, 4) is 17.2 Å². The third kappa shape index (κ3) is 14.4. The monoisotopic (exact) mass is 936 g/mol. The Labute approximate surface area is 393 Å². The number of aliphatic imine (C=N–C) groups is 1. The van der Waals surface area contributed by atoms with Gasteiger partial charge in [0.15, 0.2) is 22.5 Å². The lowest BCUT2D eigenvalue weighted by Crippen LogP contribution is -2.25. The van der Waals surface area contributed by atoms with E-state index in [0.717, 1.165) is 39.1 Å². The zero-order valence-corrected chi connectivity index (χ0v) is 39.7. The third-order valence-electron chi connectivity index (χ3n) is 9.91. The summed E-state index contributed by atoms with van der Waals surface area (Å²) in [5.41, 5.74) is 16.5. The number of methoxy groups -OCH3 is 1. The van der Waals surface area contributed by atoms with E-state index >= 15 is 0 Å². The number of amides is 1. The quantitative estimate of drug-likeness (QED) is 0.0820. The average molecular weight is 937 g/mol. The van der Waals surface area contributed by atoms with Gasteiger partial charge in [-0.2, -0.15) is 0 Å². The molecule has 5 heterocycles. The van der Waals surface area contributed by atoms with Crippen molar-refractivity contribution in [3.05, 3.63) is 135 Å². The molecular formula is C49H56N6O9S2. The summed E-state index contributed by atoms with van der Waals surface area (Å²) in [5, 5.41) is 8.33. The van der Waals surface area contributed by atoms with Crippen molar-refractivity contribution in [3.63, 3.8) is 0 Å². The molecule has 3 aliphatic rings. The first-order valence-electron chi connectivity index (χ1n) is 21.1. The summed E-state index contributed by atoms with van der Waals surface area (Å²) in [6.07, 6.45) is 4.01. The third-order valence-corrected chi connectivity index (χ3v) is 11.3. The first-order valence-corrected chi connectivity index (χ1v) is 22.9. The Hall–Kier alpha value is -6.21. The number of rotatable bonds is 11. The van der Waals surface area contributed by atoms with Crippen LogP contribution in [0.5, 0.6) is 17.2 Å². The number of aryl methyl sites for hydroxylation is 1. The maximum absolute atomic E-state index is 12.8. The van der Waals surface area contributed by atoms with Crippen molar-refractivity contribution >= 4 is 62.3 Å². The average Bonchev–Trinajstić information content (AvgIpc) is 4.17. The van der Waals surface area contributed by atoms with Crippen molar-refractivity contribution in [1.82, 2.24) is 9.97 Å². The topological polar surface area (TPSA) is 201 Å². The molecule has 15 nitrogen and oxygen atoms in total. The van der Waals surface area contributed by atoms with Crippen LogP contribution in [0.15, 0.2) is 113 Å². The van der Waals surface area contributed by atoms with Gasteiger partial charge in [0.05, 0.1) is 53.7 Å². The number of Topliss-reactive ketones (excluding diaryl/α,β-unsaturated/α-hetero) is 1. The lowest BCUT2D eigenvalue weighted by Gasteiger charge is -2.17. The molecule has 2 saturated heterocycles. The minimum absolute atomic E-state index is 0.0174. The number of aromatic nitrogens is 2. The molecule has 0 aliphatic carbocycles. The zero-order chi connectivity index (χ0) is 47.3. The van der Waals surface area contributed by atoms with E-state index in [1.165, 1.54) is 18.3 Å². The van der Waals surface area contributed by atoms with E-state index < -0.39 is 11.6 Å². The SMILES string of the molecule is CC(=O)c1cccc(N)c1N.CC1(C)OCC(COc2cccc(C3=Nc4c(cccc4C(=O)Nc4nccs4)C3)c2)O1.COc1cccc(OCC2COC(C)(C)O2)c1.Cc1nccs1. The number of thiazole rings is 2. The highest BCUT2D eigenvalue weighted by Gasteiger charge is 2.34. The van der Waals surface area contributed by atoms with Crippen LogP contribution < -0.4 is 31.0 Å². The van der Waals surface area contributed by atoms with Crippen LogP contribution in [0.25, 0.3) is 0 Å². The van der Waals surface area contributed by atoms with Gasteiger partial charge in [-0.25, -0.2) is 4.98 Å². The van der Waals surface area contributed by atoms with Gasteiger partial charge >= 0.3 is 0 Å². The fourth-order valence-corrected chi connectivity index (χ4v) is 7.69. The highest BCUT2D eigenvalue weighted by Crippen LogP contribution is 2.34. The summed E-state index contributed by atoms with van der Waals surface area (Å²) in [6, 6.07) is 26.1. The van der Waals surface area contributed by atoms with Gasteiger partial charge in [-0.3, -0.25) is 24.9 Å². The molecule has 1 amide bonds. The van der Waals surface area contributed by atoms with E-state index in [9.17, 15) is 9.59 Å². The van der Waals surface area contributed by atoms with Crippen LogP contribution in [0, 0.1) is 6.92 Å². The number of benzene rings is 4. The smallest absolute Gasteiger partial charge is 0.259 e. The van der Waals surface area contributed by atoms with Crippen molar-refractivity contribution in [2.45, 2.75) is 71.7 Å². The molecule has 348 valence electrons. The minimum Gasteiger partial charge on any atom is -0.497 e. The number of hydrogen-bond donors (Lipinski definition) is 3. The Morgan fingerprint density at radius 3 is 1.91 bits per heavy atom. The molecule has 6 aromatic rings. The van der Waals surface area contributed by atoms with Crippen LogP contribution in [-0.2, 0) is 25.4 Å². The van der Waals surface area contributed by atoms with Gasteiger partial charge in [-0.05, 0) is 95.1 Å². The molecule has 0 radical (unpaired) electrons. The van der Waals surface area contributed by atoms with E-state index in [1.807, 2.05) is 106 Å². The molecular weight excluding hydrogens is 881 g/mol. The highest BCUT2D eigenvalue weighted by atomic mass is 32.1. The van der Waals surface area contributed by atoms with Crippen molar-refractivity contribution in [1.29, 1.82) is 0 Å². The maximum atomic E-state index is 12.8. The fraction of sp³-hybridized carbons (Fsp3) is 0.327. The number of carbonyl (C=O) groups excluding carboxylic acids is 2. The molecule has 66 heavy (non-hydrogen) atoms. The van der Waals surface area contributed by atoms with Gasteiger partial charge in [-0.15, -0.1) is 22.7 Å². The second kappa shape index (κ2) is 22.8. The largest absolute Gasteiger partial charge is 0.497 e. The van der Waals surface area contributed by atoms with Crippen LogP contribution in [-0.4, -0.2) is 84.7 Å². The van der Waals surface area contributed by atoms with Crippen LogP contribution >= 0.6 is 22.7 Å². The number of carbonyl (C=O) groups is 2. The number of nitrogens with zero attached hydrogens (tertiary/aromatic N) is 3. The molecule has 4 aromatic carbocycles. The standard InChI is InChI=1S/C24H23N3O4S.C13H18O4.C8H10N2O.C4H5NS/c1-24(2)30-14-18(31-24)13-29-17-7-3-5-15(11-17)20-12-16-6-4-8-19(21(16)26-20)22(28)27-23-25-9-10-32-23;1-13(2)16-9-12(17-13)8-15-11-6-4-5-10(7-11)14-3;1-5(11)6-3-2-4-7(9)8(6)10;1-4-5-2-3-6-4/h3-11,18H,12-14H2,1-2H3,(H,25,27,28);4-7,12H,8-9H2,1-3H3;2-4H,9-10H2,1H3;2-3H,1H3. The van der Waals surface area contributed by atoms with E-state index in [0.29, 0.717) is 66.2 Å². The summed E-state index contributed by atoms with van der Waals surface area (Å²) in [4.78, 5) is 36.5. The van der Waals surface area contributed by atoms with Crippen LogP contribution in [0.3, 0.4) is 0 Å². The van der Waals surface area contributed by atoms with Crippen molar-refractivity contribution < 1.29 is 42.7 Å². The minimum atomic E-state index is -0.566. The number of nitrogens with two attached hydrogens (primary N) is 2. The molecule has 0 saturated carbocycles. The lowest BCUT2D eigenvalue weighted by atomic mass is 10.0. The molecule has 9 rings (SSSR count). The molecule has 2 fully saturated rings. The number of fused-ring (bicyclic) bond motifs is 1. The van der Waals surface area contributed by atoms with Gasteiger partial charge in [-0.1, -0.05) is 36.4 Å². The first kappa shape index (κ1) is 49.2. The second-order valence-corrected chi connectivity index (χ2v) is 18.0. The summed E-state index contributed by atoms with van der Waals surface area (Å²) < 4.78 is 39.2. The second-order valence-electron chi connectivity index (χ2n) is 16.0. The molecule has 2 unspecified atom stereocenters. The van der Waals surface area contributed by atoms with E-state index in [-0.39, 0.29) is 23.9 Å². The Morgan fingerprint density at radius 1 is 0.773 bits per heavy atom. The number of nitrogen functional groups attached to an aromatic ring is 2. The number of ketones is 1. The molecule has 0 bridgehead atoms. The number of para-hydroxylation sites is 2. The number of nitrogens with one attached hydrogen (secondary N) is 1. The Bertz CT molecular complexity index is 2570. The number of ether oxygens (including phenoxy) is 7. The van der Waals surface area contributed by atoms with Crippen molar-refractivity contribution in [2.24, 2.45) is 4.99 Å². The predicted octanol–water partition coefficient (Wildman–Crippen LogP) is 9.33. The first-order chi connectivity index (χ1) is 31.6. The molecule has 5 N–H and O–H groups in total. The molecule has 17 heteroatoms. The Morgan fingerprint density at radius 2 is 1.36 bits per heavy atom. The van der Waals surface area contributed by atoms with Crippen molar-refractivity contribution in [2.75, 3.05) is 50.3 Å². The summed E-state index contributed by atoms with van der Waals surface area (Å²) in [6.45, 7) is 13.0. The Balaban J connectivity index is 0.000000175. The Kier molecular flexibility index (Phi) is 17.0. The lowest BCUT2D eigenvalue weighted by molar-refractivity contribution is -0.141. The highest BCUT2D eigenvalue weighted by molar-refractivity contribution is 7.13. The fourth-order valence-electron chi connectivity index (χ4n) is 6.73. The van der Waals surface area contributed by atoms with Gasteiger partial charge in [0, 0.05) is 41.2 Å². The zero-order valence-electron chi connectivity index (χ0n) is 38.1. The number of anilines is 3. The predicted molar refractivity (Wildman–Crippen MR) is 259 cm³/mol. The maximum Gasteiger partial charge on any atom is 0.259 e. The van der Waals surface area contributed by atoms with Crippen LogP contribution in [0.1, 0.15) is 71.5 Å². The summed E-state index contributed by atoms with van der Waals surface area (Å²) in [5.74, 6) is 0.974.